The fourth-order valence-corrected chi connectivity index (χ4v) is 7.54. The number of carbonyl (C=O) groups excluding carboxylic acids is 1. The molecule has 6 rings (SSSR count). The quantitative estimate of drug-likeness (QED) is 0.259. The third kappa shape index (κ3) is 7.47. The van der Waals surface area contributed by atoms with Gasteiger partial charge in [-0.1, -0.05) is 19.3 Å². The molecule has 2 bridgehead atoms. The van der Waals surface area contributed by atoms with Crippen LogP contribution in [0, 0.1) is 6.92 Å². The molecular weight excluding hydrogens is 574 g/mol. The Morgan fingerprint density at radius 2 is 1.73 bits per heavy atom. The Balaban J connectivity index is 1.22. The number of rotatable bonds is 10. The van der Waals surface area contributed by atoms with Crippen molar-refractivity contribution in [3.8, 4) is 5.75 Å². The van der Waals surface area contributed by atoms with Crippen LogP contribution in [0.25, 0.3) is 0 Å². The van der Waals surface area contributed by atoms with Crippen LogP contribution in [0.1, 0.15) is 57.6 Å². The lowest BCUT2D eigenvalue weighted by Gasteiger charge is -2.42. The molecule has 3 fully saturated rings. The predicted molar refractivity (Wildman–Crippen MR) is 175 cm³/mol. The molecule has 44 heavy (non-hydrogen) atoms. The third-order valence-electron chi connectivity index (χ3n) is 8.92. The lowest BCUT2D eigenvalue weighted by molar-refractivity contribution is -0.114. The van der Waals surface area contributed by atoms with Gasteiger partial charge in [0.05, 0.1) is 7.11 Å². The number of aromatic amines is 1. The molecule has 236 valence electrons. The molecule has 3 aliphatic rings. The van der Waals surface area contributed by atoms with Gasteiger partial charge in [0.15, 0.2) is 22.6 Å². The van der Waals surface area contributed by atoms with Gasteiger partial charge in [-0.2, -0.15) is 5.10 Å². The van der Waals surface area contributed by atoms with Crippen molar-refractivity contribution in [2.75, 3.05) is 61.9 Å². The van der Waals surface area contributed by atoms with E-state index in [0.29, 0.717) is 34.6 Å². The topological polar surface area (TPSA) is 115 Å². The SMILES string of the molecule is COc1c(Nc2cc(C)[nH]n2)nc(Sc2ccc(NC(C)=O)cc2)nc1N1CC2CCC(C1)N2CCN1CCCCCCC1. The molecule has 1 amide bonds. The smallest absolute Gasteiger partial charge is 0.221 e. The van der Waals surface area contributed by atoms with Crippen LogP contribution in [0.4, 0.5) is 23.1 Å². The van der Waals surface area contributed by atoms with Crippen LogP contribution in [0.2, 0.25) is 0 Å². The van der Waals surface area contributed by atoms with E-state index in [1.807, 2.05) is 37.3 Å². The largest absolute Gasteiger partial charge is 0.490 e. The van der Waals surface area contributed by atoms with Crippen LogP contribution < -0.4 is 20.3 Å². The number of likely N-dealkylation sites (tertiary alicyclic amines) is 1. The number of aromatic nitrogens is 4. The molecule has 0 radical (unpaired) electrons. The summed E-state index contributed by atoms with van der Waals surface area (Å²) in [7, 11) is 1.69. The Labute approximate surface area is 264 Å². The van der Waals surface area contributed by atoms with E-state index in [0.717, 1.165) is 41.7 Å². The van der Waals surface area contributed by atoms with Crippen molar-refractivity contribution in [1.82, 2.24) is 30.0 Å². The maximum Gasteiger partial charge on any atom is 0.221 e. The summed E-state index contributed by atoms with van der Waals surface area (Å²) in [4.78, 5) is 30.3. The highest BCUT2D eigenvalue weighted by atomic mass is 32.2. The Bertz CT molecular complexity index is 1390. The number of hydrogen-bond acceptors (Lipinski definition) is 10. The van der Waals surface area contributed by atoms with Gasteiger partial charge in [-0.3, -0.25) is 14.8 Å². The summed E-state index contributed by atoms with van der Waals surface area (Å²) < 4.78 is 6.00. The van der Waals surface area contributed by atoms with Crippen LogP contribution >= 0.6 is 11.8 Å². The maximum absolute atomic E-state index is 11.5. The third-order valence-corrected chi connectivity index (χ3v) is 9.80. The van der Waals surface area contributed by atoms with Crippen molar-refractivity contribution in [2.24, 2.45) is 0 Å². The summed E-state index contributed by atoms with van der Waals surface area (Å²) >= 11 is 1.49. The number of benzene rings is 1. The molecule has 2 unspecified atom stereocenters. The van der Waals surface area contributed by atoms with Crippen LogP contribution in [-0.2, 0) is 4.79 Å². The average molecular weight is 620 g/mol. The first-order valence-corrected chi connectivity index (χ1v) is 16.8. The molecule has 2 aromatic heterocycles. The molecule has 5 heterocycles. The number of H-pyrrole nitrogens is 1. The van der Waals surface area contributed by atoms with Gasteiger partial charge in [-0.15, -0.1) is 0 Å². The number of nitrogens with one attached hydrogen (secondary N) is 3. The molecule has 11 nitrogen and oxygen atoms in total. The number of carbonyl (C=O) groups is 1. The van der Waals surface area contributed by atoms with Gasteiger partial charge in [0.1, 0.15) is 0 Å². The van der Waals surface area contributed by atoms with Crippen molar-refractivity contribution >= 4 is 40.8 Å². The zero-order valence-electron chi connectivity index (χ0n) is 26.1. The number of fused-ring (bicyclic) bond motifs is 2. The van der Waals surface area contributed by atoms with Crippen LogP contribution in [0.5, 0.6) is 5.75 Å². The first-order valence-electron chi connectivity index (χ1n) is 16.0. The first kappa shape index (κ1) is 30.7. The van der Waals surface area contributed by atoms with E-state index in [1.165, 1.54) is 83.3 Å². The van der Waals surface area contributed by atoms with Crippen molar-refractivity contribution in [3.05, 3.63) is 36.0 Å². The van der Waals surface area contributed by atoms with Crippen molar-refractivity contribution in [1.29, 1.82) is 0 Å². The summed E-state index contributed by atoms with van der Waals surface area (Å²) in [6.45, 7) is 10.1. The minimum Gasteiger partial charge on any atom is -0.490 e. The highest BCUT2D eigenvalue weighted by Gasteiger charge is 2.41. The number of nitrogens with zero attached hydrogens (tertiary/aromatic N) is 6. The Hall–Kier alpha value is -3.35. The Morgan fingerprint density at radius 3 is 2.36 bits per heavy atom. The molecule has 0 aliphatic carbocycles. The van der Waals surface area contributed by atoms with E-state index in [-0.39, 0.29) is 5.91 Å². The molecule has 0 saturated carbocycles. The monoisotopic (exact) mass is 619 g/mol. The van der Waals surface area contributed by atoms with Crippen molar-refractivity contribution in [2.45, 2.75) is 80.9 Å². The number of amides is 1. The van der Waals surface area contributed by atoms with Gasteiger partial charge < -0.3 is 25.2 Å². The Kier molecular flexibility index (Phi) is 9.88. The van der Waals surface area contributed by atoms with E-state index in [4.69, 9.17) is 14.7 Å². The highest BCUT2D eigenvalue weighted by Crippen LogP contribution is 2.41. The number of piperazine rings is 1. The van der Waals surface area contributed by atoms with Gasteiger partial charge in [0, 0.05) is 67.5 Å². The molecule has 0 spiro atoms. The molecule has 3 aliphatic heterocycles. The minimum atomic E-state index is -0.0933. The molecule has 2 atom stereocenters. The number of anilines is 4. The second-order valence-corrected chi connectivity index (χ2v) is 13.3. The molecule has 3 N–H and O–H groups in total. The molecule has 1 aromatic carbocycles. The minimum absolute atomic E-state index is 0.0933. The van der Waals surface area contributed by atoms with E-state index in [2.05, 4.69) is 35.5 Å². The summed E-state index contributed by atoms with van der Waals surface area (Å²) in [5.41, 5.74) is 1.71. The van der Waals surface area contributed by atoms with Gasteiger partial charge >= 0.3 is 0 Å². The summed E-state index contributed by atoms with van der Waals surface area (Å²) in [5, 5.41) is 14.2. The second kappa shape index (κ2) is 14.2. The average Bonchev–Trinajstić information content (AvgIpc) is 3.50. The van der Waals surface area contributed by atoms with E-state index in [9.17, 15) is 4.79 Å². The lowest BCUT2D eigenvalue weighted by Crippen LogP contribution is -2.55. The zero-order valence-corrected chi connectivity index (χ0v) is 27.0. The maximum atomic E-state index is 11.5. The molecule has 12 heteroatoms. The van der Waals surface area contributed by atoms with Crippen molar-refractivity contribution < 1.29 is 9.53 Å². The normalized spacial score (nSPS) is 21.1. The summed E-state index contributed by atoms with van der Waals surface area (Å²) in [6.07, 6.45) is 9.25. The number of methoxy groups -OCH3 is 1. The van der Waals surface area contributed by atoms with E-state index < -0.39 is 0 Å². The predicted octanol–water partition coefficient (Wildman–Crippen LogP) is 5.29. The second-order valence-electron chi connectivity index (χ2n) is 12.2. The molecule has 3 aromatic rings. The number of ether oxygens (including phenoxy) is 1. The summed E-state index contributed by atoms with van der Waals surface area (Å²) in [6, 6.07) is 10.7. The first-order chi connectivity index (χ1) is 21.4. The number of hydrogen-bond donors (Lipinski definition) is 3. The number of aryl methyl sites for hydroxylation is 1. The van der Waals surface area contributed by atoms with Gasteiger partial charge in [0.25, 0.3) is 0 Å². The lowest BCUT2D eigenvalue weighted by atomic mass is 10.1. The van der Waals surface area contributed by atoms with Gasteiger partial charge in [0.2, 0.25) is 11.7 Å². The van der Waals surface area contributed by atoms with Crippen molar-refractivity contribution in [3.63, 3.8) is 0 Å². The summed E-state index contributed by atoms with van der Waals surface area (Å²) in [5.74, 6) is 2.62. The zero-order chi connectivity index (χ0) is 30.5. The van der Waals surface area contributed by atoms with Crippen LogP contribution in [0.15, 0.2) is 40.4 Å². The van der Waals surface area contributed by atoms with E-state index in [1.54, 1.807) is 7.11 Å². The van der Waals surface area contributed by atoms with Gasteiger partial charge in [-0.05, 0) is 81.7 Å². The van der Waals surface area contributed by atoms with E-state index >= 15 is 0 Å². The standard InChI is InChI=1S/C32H45N9O2S/c1-22-19-28(38-37-22)34-30-29(43-3)31(36-32(35-30)44-27-13-9-24(10-14-27)33-23(2)42)40-20-25-11-12-26(21-40)41(25)18-17-39-15-7-5-4-6-8-16-39/h9-10,13-14,19,25-26H,4-8,11-12,15-18,20-21H2,1-3H3,(H,33,42)(H2,34,35,36,37,38). The fourth-order valence-electron chi connectivity index (χ4n) is 6.79. The van der Waals surface area contributed by atoms with Crippen LogP contribution in [0.3, 0.4) is 0 Å². The molecular formula is C32H45N9O2S. The highest BCUT2D eigenvalue weighted by molar-refractivity contribution is 7.99. The van der Waals surface area contributed by atoms with Gasteiger partial charge in [-0.25, -0.2) is 9.97 Å². The Morgan fingerprint density at radius 1 is 1.02 bits per heavy atom. The molecule has 3 saturated heterocycles. The van der Waals surface area contributed by atoms with Crippen LogP contribution in [-0.4, -0.2) is 94.3 Å². The fraction of sp³-hybridized carbons (Fsp3) is 0.562.